The van der Waals surface area contributed by atoms with E-state index in [0.717, 1.165) is 5.56 Å². The van der Waals surface area contributed by atoms with Crippen LogP contribution in [0.15, 0.2) is 59.0 Å². The van der Waals surface area contributed by atoms with Crippen molar-refractivity contribution in [2.45, 2.75) is 6.42 Å². The van der Waals surface area contributed by atoms with Crippen molar-refractivity contribution >= 4 is 34.3 Å². The quantitative estimate of drug-likeness (QED) is 0.406. The highest BCUT2D eigenvalue weighted by atomic mass is 35.5. The van der Waals surface area contributed by atoms with Gasteiger partial charge < -0.3 is 23.9 Å². The molecule has 0 aliphatic rings. The van der Waals surface area contributed by atoms with Gasteiger partial charge in [-0.15, -0.1) is 0 Å². The van der Waals surface area contributed by atoms with Crippen LogP contribution in [0, 0.1) is 0 Å². The molecular weight excluding hydrogens is 432 g/mol. The number of carbonyl (C=O) groups is 1. The Hall–Kier alpha value is -3.71. The Morgan fingerprint density at radius 1 is 0.969 bits per heavy atom. The number of aromatic nitrogens is 1. The highest BCUT2D eigenvalue weighted by Crippen LogP contribution is 2.41. The van der Waals surface area contributed by atoms with E-state index in [-0.39, 0.29) is 12.3 Å². The molecule has 3 aromatic carbocycles. The zero-order chi connectivity index (χ0) is 22.7. The zero-order valence-corrected chi connectivity index (χ0v) is 18.5. The van der Waals surface area contributed by atoms with Gasteiger partial charge >= 0.3 is 0 Å². The summed E-state index contributed by atoms with van der Waals surface area (Å²) in [6, 6.07) is 16.0. The molecule has 0 unspecified atom stereocenters. The van der Waals surface area contributed by atoms with E-state index >= 15 is 0 Å². The molecule has 8 heteroatoms. The van der Waals surface area contributed by atoms with Crippen molar-refractivity contribution in [2.75, 3.05) is 26.6 Å². The monoisotopic (exact) mass is 452 g/mol. The van der Waals surface area contributed by atoms with Crippen LogP contribution in [0.5, 0.6) is 17.2 Å². The van der Waals surface area contributed by atoms with E-state index in [1.54, 1.807) is 63.8 Å². The lowest BCUT2D eigenvalue weighted by atomic mass is 10.1. The van der Waals surface area contributed by atoms with Gasteiger partial charge in [0.1, 0.15) is 5.52 Å². The number of hydrogen-bond donors (Lipinski definition) is 1. The average molecular weight is 453 g/mol. The summed E-state index contributed by atoms with van der Waals surface area (Å²) in [5, 5.41) is 3.52. The van der Waals surface area contributed by atoms with Gasteiger partial charge in [0.25, 0.3) is 0 Å². The van der Waals surface area contributed by atoms with Gasteiger partial charge in [0, 0.05) is 16.3 Å². The van der Waals surface area contributed by atoms with Gasteiger partial charge in [-0.3, -0.25) is 4.79 Å². The van der Waals surface area contributed by atoms with Crippen molar-refractivity contribution in [3.05, 3.63) is 65.2 Å². The van der Waals surface area contributed by atoms with E-state index in [1.807, 2.05) is 12.1 Å². The van der Waals surface area contributed by atoms with Crippen LogP contribution in [-0.4, -0.2) is 32.2 Å². The second-order valence-electron chi connectivity index (χ2n) is 6.97. The van der Waals surface area contributed by atoms with Crippen LogP contribution < -0.4 is 19.5 Å². The molecule has 0 saturated carbocycles. The van der Waals surface area contributed by atoms with Crippen molar-refractivity contribution < 1.29 is 23.4 Å². The fraction of sp³-hybridized carbons (Fsp3) is 0.167. The van der Waals surface area contributed by atoms with Gasteiger partial charge in [-0.05, 0) is 48.0 Å². The highest BCUT2D eigenvalue weighted by molar-refractivity contribution is 6.30. The molecule has 0 spiro atoms. The molecule has 1 N–H and O–H groups in total. The lowest BCUT2D eigenvalue weighted by molar-refractivity contribution is -0.115. The van der Waals surface area contributed by atoms with Crippen molar-refractivity contribution in [3.63, 3.8) is 0 Å². The minimum absolute atomic E-state index is 0.139. The molecule has 32 heavy (non-hydrogen) atoms. The molecule has 0 radical (unpaired) electrons. The number of fused-ring (bicyclic) bond motifs is 1. The number of anilines is 1. The minimum atomic E-state index is -0.139. The third-order valence-electron chi connectivity index (χ3n) is 4.86. The van der Waals surface area contributed by atoms with E-state index in [0.29, 0.717) is 50.5 Å². The van der Waals surface area contributed by atoms with E-state index in [2.05, 4.69) is 10.3 Å². The van der Waals surface area contributed by atoms with Gasteiger partial charge in [-0.1, -0.05) is 23.7 Å². The molecule has 0 atom stereocenters. The third kappa shape index (κ3) is 4.48. The molecule has 0 aliphatic heterocycles. The lowest BCUT2D eigenvalue weighted by Crippen LogP contribution is -2.14. The van der Waals surface area contributed by atoms with Crippen molar-refractivity contribution in [2.24, 2.45) is 0 Å². The van der Waals surface area contributed by atoms with Crippen LogP contribution >= 0.6 is 11.6 Å². The van der Waals surface area contributed by atoms with Gasteiger partial charge in [-0.2, -0.15) is 0 Å². The van der Waals surface area contributed by atoms with E-state index in [1.165, 1.54) is 0 Å². The predicted molar refractivity (Wildman–Crippen MR) is 123 cm³/mol. The van der Waals surface area contributed by atoms with Crippen LogP contribution in [0.3, 0.4) is 0 Å². The average Bonchev–Trinajstić information content (AvgIpc) is 3.23. The maximum absolute atomic E-state index is 12.4. The Morgan fingerprint density at radius 2 is 1.66 bits per heavy atom. The SMILES string of the molecule is COc1cc(-c2nc3cc(NC(=O)Cc4ccc(Cl)cc4)ccc3o2)cc(OC)c1OC. The van der Waals surface area contributed by atoms with Crippen LogP contribution in [0.25, 0.3) is 22.6 Å². The molecule has 7 nitrogen and oxygen atoms in total. The van der Waals surface area contributed by atoms with Crippen LogP contribution in [0.2, 0.25) is 5.02 Å². The van der Waals surface area contributed by atoms with E-state index in [9.17, 15) is 4.79 Å². The molecule has 0 bridgehead atoms. The maximum Gasteiger partial charge on any atom is 0.228 e. The first-order valence-electron chi connectivity index (χ1n) is 9.76. The second-order valence-corrected chi connectivity index (χ2v) is 7.40. The third-order valence-corrected chi connectivity index (χ3v) is 5.11. The first kappa shape index (κ1) is 21.5. The maximum atomic E-state index is 12.4. The molecule has 0 aliphatic carbocycles. The number of amides is 1. The van der Waals surface area contributed by atoms with Crippen molar-refractivity contribution in [1.82, 2.24) is 4.98 Å². The summed E-state index contributed by atoms with van der Waals surface area (Å²) in [6.07, 6.45) is 0.241. The number of halogens is 1. The summed E-state index contributed by atoms with van der Waals surface area (Å²) in [4.78, 5) is 17.0. The standard InChI is InChI=1S/C24H21ClN2O5/c1-29-20-11-15(12-21(30-2)23(20)31-3)24-27-18-13-17(8-9-19(18)32-24)26-22(28)10-14-4-6-16(25)7-5-14/h4-9,11-13H,10H2,1-3H3,(H,26,28). The number of rotatable bonds is 7. The molecule has 4 aromatic rings. The molecule has 164 valence electrons. The molecule has 1 aromatic heterocycles. The number of nitrogens with one attached hydrogen (secondary N) is 1. The number of oxazole rings is 1. The van der Waals surface area contributed by atoms with Crippen molar-refractivity contribution in [3.8, 4) is 28.7 Å². The number of hydrogen-bond acceptors (Lipinski definition) is 6. The number of ether oxygens (including phenoxy) is 3. The predicted octanol–water partition coefficient (Wildman–Crippen LogP) is 5.36. The largest absolute Gasteiger partial charge is 0.493 e. The van der Waals surface area contributed by atoms with Gasteiger partial charge in [0.05, 0.1) is 27.8 Å². The number of carbonyl (C=O) groups excluding carboxylic acids is 1. The van der Waals surface area contributed by atoms with E-state index in [4.69, 9.17) is 30.2 Å². The molecular formula is C24H21ClN2O5. The Kier molecular flexibility index (Phi) is 6.18. The minimum Gasteiger partial charge on any atom is -0.493 e. The highest BCUT2D eigenvalue weighted by Gasteiger charge is 2.17. The van der Waals surface area contributed by atoms with Gasteiger partial charge in [0.2, 0.25) is 17.5 Å². The first-order chi connectivity index (χ1) is 15.5. The first-order valence-corrected chi connectivity index (χ1v) is 10.1. The molecule has 0 fully saturated rings. The Labute approximate surface area is 189 Å². The van der Waals surface area contributed by atoms with Crippen molar-refractivity contribution in [1.29, 1.82) is 0 Å². The molecule has 1 heterocycles. The fourth-order valence-corrected chi connectivity index (χ4v) is 3.45. The van der Waals surface area contributed by atoms with Gasteiger partial charge in [0.15, 0.2) is 17.1 Å². The lowest BCUT2D eigenvalue weighted by Gasteiger charge is -2.12. The second kappa shape index (κ2) is 9.20. The molecule has 4 rings (SSSR count). The van der Waals surface area contributed by atoms with Gasteiger partial charge in [-0.25, -0.2) is 4.98 Å². The van der Waals surface area contributed by atoms with E-state index < -0.39 is 0 Å². The Balaban J connectivity index is 1.58. The summed E-state index contributed by atoms with van der Waals surface area (Å²) in [5.74, 6) is 1.74. The smallest absolute Gasteiger partial charge is 0.228 e. The Bertz CT molecular complexity index is 1240. The topological polar surface area (TPSA) is 82.8 Å². The number of nitrogens with zero attached hydrogens (tertiary/aromatic N) is 1. The fourth-order valence-electron chi connectivity index (χ4n) is 3.33. The summed E-state index contributed by atoms with van der Waals surface area (Å²) in [7, 11) is 4.64. The summed E-state index contributed by atoms with van der Waals surface area (Å²) >= 11 is 5.89. The molecule has 0 saturated heterocycles. The number of methoxy groups -OCH3 is 3. The van der Waals surface area contributed by atoms with Crippen LogP contribution in [0.1, 0.15) is 5.56 Å². The summed E-state index contributed by atoms with van der Waals surface area (Å²) in [5.41, 5.74) is 3.37. The van der Waals surface area contributed by atoms with Crippen LogP contribution in [0.4, 0.5) is 5.69 Å². The Morgan fingerprint density at radius 3 is 2.28 bits per heavy atom. The zero-order valence-electron chi connectivity index (χ0n) is 17.8. The molecule has 1 amide bonds. The number of benzene rings is 3. The summed E-state index contributed by atoms with van der Waals surface area (Å²) in [6.45, 7) is 0. The summed E-state index contributed by atoms with van der Waals surface area (Å²) < 4.78 is 22.1. The normalized spacial score (nSPS) is 10.8. The van der Waals surface area contributed by atoms with Crippen LogP contribution in [-0.2, 0) is 11.2 Å².